The summed E-state index contributed by atoms with van der Waals surface area (Å²) in [5.41, 5.74) is 20.9. The van der Waals surface area contributed by atoms with Crippen LogP contribution in [0.25, 0.3) is 117 Å². The molecule has 12 rings (SSSR count). The van der Waals surface area contributed by atoms with Crippen molar-refractivity contribution < 1.29 is 0 Å². The van der Waals surface area contributed by atoms with Crippen LogP contribution in [0, 0.1) is 0 Å². The van der Waals surface area contributed by atoms with Crippen LogP contribution in [0.5, 0.6) is 0 Å². The van der Waals surface area contributed by atoms with Crippen molar-refractivity contribution in [3.05, 3.63) is 261 Å². The number of para-hydroxylation sites is 2. The Morgan fingerprint density at radius 1 is 0.254 bits per heavy atom. The summed E-state index contributed by atoms with van der Waals surface area (Å²) in [4.78, 5) is 11.0. The van der Waals surface area contributed by atoms with Crippen LogP contribution in [-0.4, -0.2) is 14.5 Å². The SMILES string of the molecule is c1ccc(-c2cc(-c3ccccc3)cc(-c3cccc(-c4cccc(-c5cccc(-c6nc(-c7cccc(-c8ccccc8)c7)c7c(n6)c6ccccc6n7-c6ccccc6)c5)c4)c3)c2)cc1. The second-order valence-electron chi connectivity index (χ2n) is 17.0. The molecule has 10 aromatic carbocycles. The van der Waals surface area contributed by atoms with Crippen LogP contribution in [0.15, 0.2) is 261 Å². The Kier molecular flexibility index (Phi) is 10.2. The van der Waals surface area contributed by atoms with Crippen LogP contribution >= 0.6 is 0 Å². The maximum Gasteiger partial charge on any atom is 0.160 e. The molecule has 3 heteroatoms. The highest BCUT2D eigenvalue weighted by molar-refractivity contribution is 6.11. The van der Waals surface area contributed by atoms with Gasteiger partial charge in [-0.15, -0.1) is 0 Å². The zero-order valence-electron chi connectivity index (χ0n) is 36.7. The second-order valence-corrected chi connectivity index (χ2v) is 17.0. The Bertz CT molecular complexity index is 3670. The molecule has 0 unspecified atom stereocenters. The van der Waals surface area contributed by atoms with Crippen molar-refractivity contribution in [2.75, 3.05) is 0 Å². The highest BCUT2D eigenvalue weighted by Crippen LogP contribution is 2.40. The minimum atomic E-state index is 0.682. The predicted octanol–water partition coefficient (Wildman–Crippen LogP) is 16.9. The minimum Gasteiger partial charge on any atom is -0.306 e. The smallest absolute Gasteiger partial charge is 0.160 e. The molecular weight excluding hydrogens is 811 g/mol. The van der Waals surface area contributed by atoms with Crippen LogP contribution in [0.3, 0.4) is 0 Å². The number of benzene rings is 10. The van der Waals surface area contributed by atoms with Crippen LogP contribution in [0.2, 0.25) is 0 Å². The second kappa shape index (κ2) is 17.2. The van der Waals surface area contributed by atoms with Crippen molar-refractivity contribution >= 4 is 21.9 Å². The van der Waals surface area contributed by atoms with Gasteiger partial charge in [0.15, 0.2) is 5.82 Å². The Morgan fingerprint density at radius 3 is 1.13 bits per heavy atom. The predicted molar refractivity (Wildman–Crippen MR) is 280 cm³/mol. The van der Waals surface area contributed by atoms with Crippen LogP contribution in [0.1, 0.15) is 0 Å². The van der Waals surface area contributed by atoms with E-state index in [0.717, 1.165) is 77.8 Å². The van der Waals surface area contributed by atoms with Crippen molar-refractivity contribution in [2.45, 2.75) is 0 Å². The molecule has 0 spiro atoms. The molecule has 0 radical (unpaired) electrons. The van der Waals surface area contributed by atoms with Gasteiger partial charge in [0.2, 0.25) is 0 Å². The van der Waals surface area contributed by atoms with Gasteiger partial charge in [-0.05, 0) is 127 Å². The Labute approximate surface area is 390 Å². The van der Waals surface area contributed by atoms with Crippen molar-refractivity contribution in [2.24, 2.45) is 0 Å². The van der Waals surface area contributed by atoms with Crippen molar-refractivity contribution in [3.8, 4) is 95.1 Å². The molecule has 2 aromatic heterocycles. The van der Waals surface area contributed by atoms with Crippen molar-refractivity contribution in [1.29, 1.82) is 0 Å². The first-order valence-electron chi connectivity index (χ1n) is 22.8. The quantitative estimate of drug-likeness (QED) is 0.145. The third-order valence-electron chi connectivity index (χ3n) is 12.8. The summed E-state index contributed by atoms with van der Waals surface area (Å²) >= 11 is 0. The minimum absolute atomic E-state index is 0.682. The highest BCUT2D eigenvalue weighted by Gasteiger charge is 2.22. The van der Waals surface area contributed by atoms with Crippen LogP contribution < -0.4 is 0 Å². The number of hydrogen-bond acceptors (Lipinski definition) is 2. The van der Waals surface area contributed by atoms with Gasteiger partial charge in [0.25, 0.3) is 0 Å². The van der Waals surface area contributed by atoms with Gasteiger partial charge in [-0.25, -0.2) is 9.97 Å². The molecule has 2 heterocycles. The molecule has 0 fully saturated rings. The summed E-state index contributed by atoms with van der Waals surface area (Å²) in [6.07, 6.45) is 0. The Hall–Kier alpha value is -8.92. The third-order valence-corrected chi connectivity index (χ3v) is 12.8. The molecule has 0 aliphatic heterocycles. The molecule has 0 saturated heterocycles. The topological polar surface area (TPSA) is 30.7 Å². The van der Waals surface area contributed by atoms with Crippen LogP contribution in [-0.2, 0) is 0 Å². The van der Waals surface area contributed by atoms with Gasteiger partial charge in [-0.1, -0.05) is 200 Å². The lowest BCUT2D eigenvalue weighted by molar-refractivity contribution is 1.15. The first-order chi connectivity index (χ1) is 33.2. The van der Waals surface area contributed by atoms with Crippen LogP contribution in [0.4, 0.5) is 0 Å². The van der Waals surface area contributed by atoms with Gasteiger partial charge in [0, 0.05) is 22.2 Å². The maximum atomic E-state index is 5.51. The highest BCUT2D eigenvalue weighted by atomic mass is 15.0. The molecule has 67 heavy (non-hydrogen) atoms. The molecular formula is C64H43N3. The number of rotatable bonds is 9. The lowest BCUT2D eigenvalue weighted by Gasteiger charge is -2.14. The Morgan fingerprint density at radius 2 is 0.597 bits per heavy atom. The first kappa shape index (κ1) is 39.7. The fourth-order valence-electron chi connectivity index (χ4n) is 9.48. The summed E-state index contributed by atoms with van der Waals surface area (Å²) in [5, 5.41) is 1.08. The number of hydrogen-bond donors (Lipinski definition) is 0. The largest absolute Gasteiger partial charge is 0.306 e. The lowest BCUT2D eigenvalue weighted by atomic mass is 9.91. The molecule has 0 amide bonds. The van der Waals surface area contributed by atoms with Crippen molar-refractivity contribution in [3.63, 3.8) is 0 Å². The van der Waals surface area contributed by atoms with E-state index in [0.29, 0.717) is 5.82 Å². The fraction of sp³-hybridized carbons (Fsp3) is 0. The van der Waals surface area contributed by atoms with Gasteiger partial charge in [-0.2, -0.15) is 0 Å². The van der Waals surface area contributed by atoms with Gasteiger partial charge >= 0.3 is 0 Å². The van der Waals surface area contributed by atoms with E-state index >= 15 is 0 Å². The molecule has 3 nitrogen and oxygen atoms in total. The van der Waals surface area contributed by atoms with E-state index in [4.69, 9.17) is 9.97 Å². The van der Waals surface area contributed by atoms with E-state index in [9.17, 15) is 0 Å². The molecule has 0 bridgehead atoms. The van der Waals surface area contributed by atoms with E-state index in [1.165, 1.54) is 33.4 Å². The van der Waals surface area contributed by atoms with E-state index in [-0.39, 0.29) is 0 Å². The van der Waals surface area contributed by atoms with Gasteiger partial charge in [0.05, 0.1) is 16.7 Å². The summed E-state index contributed by atoms with van der Waals surface area (Å²) in [5.74, 6) is 0.682. The summed E-state index contributed by atoms with van der Waals surface area (Å²) in [6.45, 7) is 0. The third kappa shape index (κ3) is 7.69. The molecule has 0 saturated carbocycles. The normalized spacial score (nSPS) is 11.3. The fourth-order valence-corrected chi connectivity index (χ4v) is 9.48. The standard InChI is InChI=1S/C64H43N3/c1-5-19-44(20-6-1)47-25-17-31-53(39-47)61-63-62(59-35-13-14-36-60(59)67(63)58-33-11-4-12-34-58)66-64(65-61)54-32-18-29-51(40-54)49-27-15-26-48(37-49)50-28-16-30-52(38-50)57-42-55(45-21-7-2-8-22-45)41-56(43-57)46-23-9-3-10-24-46/h1-43H. The number of nitrogens with zero attached hydrogens (tertiary/aromatic N) is 3. The Balaban J connectivity index is 0.958. The molecule has 314 valence electrons. The van der Waals surface area contributed by atoms with Gasteiger partial charge in [-0.3, -0.25) is 0 Å². The zero-order chi connectivity index (χ0) is 44.5. The van der Waals surface area contributed by atoms with E-state index in [1.54, 1.807) is 0 Å². The van der Waals surface area contributed by atoms with Crippen molar-refractivity contribution in [1.82, 2.24) is 14.5 Å². The zero-order valence-corrected chi connectivity index (χ0v) is 36.7. The lowest BCUT2D eigenvalue weighted by Crippen LogP contribution is -2.00. The monoisotopic (exact) mass is 853 g/mol. The first-order valence-corrected chi connectivity index (χ1v) is 22.8. The van der Waals surface area contributed by atoms with E-state index in [1.807, 2.05) is 0 Å². The van der Waals surface area contributed by atoms with Gasteiger partial charge in [0.1, 0.15) is 5.52 Å². The molecule has 0 aliphatic carbocycles. The molecule has 0 atom stereocenters. The molecule has 0 N–H and O–H groups in total. The summed E-state index contributed by atoms with van der Waals surface area (Å²) in [6, 6.07) is 93.1. The molecule has 12 aromatic rings. The summed E-state index contributed by atoms with van der Waals surface area (Å²) in [7, 11) is 0. The number of aromatic nitrogens is 3. The number of fused-ring (bicyclic) bond motifs is 3. The average Bonchev–Trinajstić information content (AvgIpc) is 3.76. The van der Waals surface area contributed by atoms with Gasteiger partial charge < -0.3 is 4.57 Å². The van der Waals surface area contributed by atoms with E-state index in [2.05, 4.69) is 265 Å². The maximum absolute atomic E-state index is 5.51. The molecule has 0 aliphatic rings. The van der Waals surface area contributed by atoms with E-state index < -0.39 is 0 Å². The average molecular weight is 854 g/mol. The summed E-state index contributed by atoms with van der Waals surface area (Å²) < 4.78 is 2.32.